The monoisotopic (exact) mass is 214 g/mol. The lowest BCUT2D eigenvalue weighted by Crippen LogP contribution is -2.36. The molecule has 1 saturated heterocycles. The Labute approximate surface area is 89.4 Å². The zero-order chi connectivity index (χ0) is 11.3. The number of aliphatic carboxylic acids is 1. The van der Waals surface area contributed by atoms with E-state index in [1.807, 2.05) is 11.8 Å². The van der Waals surface area contributed by atoms with Gasteiger partial charge in [-0.05, 0) is 19.4 Å². The maximum Gasteiger partial charge on any atom is 0.307 e. The van der Waals surface area contributed by atoms with Crippen LogP contribution in [0.15, 0.2) is 0 Å². The highest BCUT2D eigenvalue weighted by Crippen LogP contribution is 2.15. The van der Waals surface area contributed by atoms with Gasteiger partial charge in [-0.25, -0.2) is 0 Å². The summed E-state index contributed by atoms with van der Waals surface area (Å²) in [6, 6.07) is 0. The average Bonchev–Trinajstić information content (AvgIpc) is 2.63. The van der Waals surface area contributed by atoms with Crippen LogP contribution in [0, 0.1) is 5.92 Å². The zero-order valence-corrected chi connectivity index (χ0v) is 9.03. The van der Waals surface area contributed by atoms with E-state index in [-0.39, 0.29) is 11.8 Å². The van der Waals surface area contributed by atoms with Crippen molar-refractivity contribution in [1.29, 1.82) is 0 Å². The normalized spacial score (nSPS) is 21.5. The molecule has 0 radical (unpaired) electrons. The third kappa shape index (κ3) is 3.87. The minimum absolute atomic E-state index is 0.0112. The molecular formula is C10H18N2O3. The number of likely N-dealkylation sites (tertiary alicyclic amines) is 1. The van der Waals surface area contributed by atoms with Gasteiger partial charge in [0.1, 0.15) is 0 Å². The fourth-order valence-corrected chi connectivity index (χ4v) is 1.70. The Bertz CT molecular complexity index is 243. The summed E-state index contributed by atoms with van der Waals surface area (Å²) in [5.41, 5.74) is 0. The summed E-state index contributed by atoms with van der Waals surface area (Å²) in [6.45, 7) is 4.21. The summed E-state index contributed by atoms with van der Waals surface area (Å²) in [4.78, 5) is 23.9. The van der Waals surface area contributed by atoms with Gasteiger partial charge >= 0.3 is 5.97 Å². The van der Waals surface area contributed by atoms with Crippen LogP contribution in [0.1, 0.15) is 19.8 Å². The second-order valence-corrected chi connectivity index (χ2v) is 3.91. The number of hydrogen-bond donors (Lipinski definition) is 2. The molecule has 5 nitrogen and oxygen atoms in total. The zero-order valence-electron chi connectivity index (χ0n) is 9.03. The molecule has 1 rings (SSSR count). The molecule has 0 aliphatic carbocycles. The number of carbonyl (C=O) groups is 2. The van der Waals surface area contributed by atoms with Crippen LogP contribution in [-0.4, -0.2) is 48.1 Å². The fourth-order valence-electron chi connectivity index (χ4n) is 1.70. The van der Waals surface area contributed by atoms with Crippen LogP contribution in [0.3, 0.4) is 0 Å². The summed E-state index contributed by atoms with van der Waals surface area (Å²) < 4.78 is 0. The molecule has 0 aromatic rings. The van der Waals surface area contributed by atoms with E-state index in [0.717, 1.165) is 6.42 Å². The lowest BCUT2D eigenvalue weighted by atomic mass is 10.1. The highest BCUT2D eigenvalue weighted by Gasteiger charge is 2.28. The highest BCUT2D eigenvalue weighted by molar-refractivity contribution is 5.78. The van der Waals surface area contributed by atoms with E-state index in [2.05, 4.69) is 5.32 Å². The number of nitrogens with one attached hydrogen (secondary N) is 1. The van der Waals surface area contributed by atoms with Crippen molar-refractivity contribution in [3.63, 3.8) is 0 Å². The molecule has 1 heterocycles. The lowest BCUT2D eigenvalue weighted by molar-refractivity contribution is -0.141. The van der Waals surface area contributed by atoms with Gasteiger partial charge in [0.05, 0.1) is 12.5 Å². The molecule has 1 aliphatic heterocycles. The summed E-state index contributed by atoms with van der Waals surface area (Å²) in [7, 11) is 0. The van der Waals surface area contributed by atoms with Gasteiger partial charge in [0.2, 0.25) is 5.91 Å². The molecule has 5 heteroatoms. The van der Waals surface area contributed by atoms with Crippen LogP contribution >= 0.6 is 0 Å². The van der Waals surface area contributed by atoms with E-state index in [9.17, 15) is 9.59 Å². The Hall–Kier alpha value is -1.10. The fraction of sp³-hybridized carbons (Fsp3) is 0.800. The first-order chi connectivity index (χ1) is 7.13. The van der Waals surface area contributed by atoms with Gasteiger partial charge in [-0.1, -0.05) is 6.92 Å². The van der Waals surface area contributed by atoms with Crippen molar-refractivity contribution in [3.8, 4) is 0 Å². The van der Waals surface area contributed by atoms with Crippen molar-refractivity contribution in [1.82, 2.24) is 10.2 Å². The van der Waals surface area contributed by atoms with Crippen molar-refractivity contribution >= 4 is 11.9 Å². The summed E-state index contributed by atoms with van der Waals surface area (Å²) in [5, 5.41) is 11.6. The van der Waals surface area contributed by atoms with Crippen LogP contribution in [0.2, 0.25) is 0 Å². The van der Waals surface area contributed by atoms with Gasteiger partial charge in [0, 0.05) is 13.1 Å². The molecular weight excluding hydrogens is 196 g/mol. The number of rotatable bonds is 5. The van der Waals surface area contributed by atoms with Crippen LogP contribution in [0.25, 0.3) is 0 Å². The van der Waals surface area contributed by atoms with E-state index in [1.165, 1.54) is 0 Å². The SMILES string of the molecule is CCCNC(=O)CN1CCC(C(=O)O)C1. The van der Waals surface area contributed by atoms with Crippen LogP contribution < -0.4 is 5.32 Å². The second-order valence-electron chi connectivity index (χ2n) is 3.91. The molecule has 0 aromatic carbocycles. The molecule has 0 aromatic heterocycles. The van der Waals surface area contributed by atoms with Gasteiger partial charge in [-0.2, -0.15) is 0 Å². The van der Waals surface area contributed by atoms with E-state index in [4.69, 9.17) is 5.11 Å². The molecule has 86 valence electrons. The Balaban J connectivity index is 2.23. The van der Waals surface area contributed by atoms with Crippen molar-refractivity contribution in [3.05, 3.63) is 0 Å². The van der Waals surface area contributed by atoms with Crippen LogP contribution in [0.5, 0.6) is 0 Å². The van der Waals surface area contributed by atoms with Crippen LogP contribution in [-0.2, 0) is 9.59 Å². The molecule has 0 saturated carbocycles. The van der Waals surface area contributed by atoms with E-state index in [1.54, 1.807) is 0 Å². The summed E-state index contributed by atoms with van der Waals surface area (Å²) >= 11 is 0. The van der Waals surface area contributed by atoms with Gasteiger partial charge in [-0.15, -0.1) is 0 Å². The minimum Gasteiger partial charge on any atom is -0.481 e. The van der Waals surface area contributed by atoms with Crippen molar-refractivity contribution in [2.75, 3.05) is 26.2 Å². The van der Waals surface area contributed by atoms with Gasteiger partial charge < -0.3 is 10.4 Å². The number of carboxylic acid groups (broad SMARTS) is 1. The van der Waals surface area contributed by atoms with E-state index >= 15 is 0 Å². The van der Waals surface area contributed by atoms with E-state index < -0.39 is 5.97 Å². The van der Waals surface area contributed by atoms with Crippen molar-refractivity contribution in [2.24, 2.45) is 5.92 Å². The first kappa shape index (κ1) is 12.0. The molecule has 0 bridgehead atoms. The maximum atomic E-state index is 11.3. The van der Waals surface area contributed by atoms with Crippen LogP contribution in [0.4, 0.5) is 0 Å². The van der Waals surface area contributed by atoms with Crippen molar-refractivity contribution in [2.45, 2.75) is 19.8 Å². The minimum atomic E-state index is -0.758. The number of carbonyl (C=O) groups excluding carboxylic acids is 1. The number of hydrogen-bond acceptors (Lipinski definition) is 3. The number of carboxylic acids is 1. The largest absolute Gasteiger partial charge is 0.481 e. The van der Waals surface area contributed by atoms with Gasteiger partial charge in [0.25, 0.3) is 0 Å². The molecule has 15 heavy (non-hydrogen) atoms. The summed E-state index contributed by atoms with van der Waals surface area (Å²) in [5.74, 6) is -1.07. The van der Waals surface area contributed by atoms with E-state index in [0.29, 0.717) is 32.6 Å². The quantitative estimate of drug-likeness (QED) is 0.671. The first-order valence-electron chi connectivity index (χ1n) is 5.35. The summed E-state index contributed by atoms with van der Waals surface area (Å²) in [6.07, 6.45) is 1.57. The maximum absolute atomic E-state index is 11.3. The molecule has 1 fully saturated rings. The Morgan fingerprint density at radius 3 is 2.80 bits per heavy atom. The molecule has 1 amide bonds. The predicted octanol–water partition coefficient (Wildman–Crippen LogP) is -0.0809. The molecule has 0 spiro atoms. The molecule has 1 aliphatic rings. The predicted molar refractivity (Wildman–Crippen MR) is 55.5 cm³/mol. The Kier molecular flexibility index (Phi) is 4.55. The highest BCUT2D eigenvalue weighted by atomic mass is 16.4. The molecule has 1 atom stereocenters. The van der Waals surface area contributed by atoms with Gasteiger partial charge in [-0.3, -0.25) is 14.5 Å². The van der Waals surface area contributed by atoms with Crippen molar-refractivity contribution < 1.29 is 14.7 Å². The smallest absolute Gasteiger partial charge is 0.307 e. The third-order valence-electron chi connectivity index (χ3n) is 2.56. The average molecular weight is 214 g/mol. The molecule has 2 N–H and O–H groups in total. The lowest BCUT2D eigenvalue weighted by Gasteiger charge is -2.14. The number of amides is 1. The first-order valence-corrected chi connectivity index (χ1v) is 5.35. The molecule has 1 unspecified atom stereocenters. The third-order valence-corrected chi connectivity index (χ3v) is 2.56. The number of nitrogens with zero attached hydrogens (tertiary/aromatic N) is 1. The Morgan fingerprint density at radius 2 is 2.27 bits per heavy atom. The topological polar surface area (TPSA) is 69.6 Å². The Morgan fingerprint density at radius 1 is 1.53 bits per heavy atom. The standard InChI is InChI=1S/C10H18N2O3/c1-2-4-11-9(13)7-12-5-3-8(6-12)10(14)15/h8H,2-7H2,1H3,(H,11,13)(H,14,15). The second kappa shape index (κ2) is 5.70. The van der Waals surface area contributed by atoms with Gasteiger partial charge in [0.15, 0.2) is 0 Å².